The Morgan fingerprint density at radius 1 is 0.950 bits per heavy atom. The molecule has 3 rings (SSSR count). The Labute approximate surface area is 246 Å². The number of aryl methyl sites for hydroxylation is 2. The summed E-state index contributed by atoms with van der Waals surface area (Å²) in [6.07, 6.45) is 0.743. The summed E-state index contributed by atoms with van der Waals surface area (Å²) in [6.45, 7) is 10.8. The highest BCUT2D eigenvalue weighted by atomic mass is 79.9. The van der Waals surface area contributed by atoms with Gasteiger partial charge in [0.05, 0.1) is 10.6 Å². The SMILES string of the molecule is CCC(C)NC(=O)C(C)N(Cc1cccc(Br)c1)C(=O)CN(c1cccc(C)c1C)S(=O)(=O)c1ccc(C)cc1. The second kappa shape index (κ2) is 13.5. The highest BCUT2D eigenvalue weighted by Gasteiger charge is 2.33. The third-order valence-electron chi connectivity index (χ3n) is 7.14. The summed E-state index contributed by atoms with van der Waals surface area (Å²) in [5.74, 6) is -0.777. The molecule has 2 unspecified atom stereocenters. The number of halogens is 1. The average Bonchev–Trinajstić information content (AvgIpc) is 2.91. The van der Waals surface area contributed by atoms with Crippen LogP contribution in [-0.4, -0.2) is 43.8 Å². The molecule has 0 saturated heterocycles. The Morgan fingerprint density at radius 3 is 2.23 bits per heavy atom. The summed E-state index contributed by atoms with van der Waals surface area (Å²) in [7, 11) is -4.11. The molecule has 0 bridgehead atoms. The van der Waals surface area contributed by atoms with E-state index >= 15 is 0 Å². The van der Waals surface area contributed by atoms with Gasteiger partial charge in [0.25, 0.3) is 10.0 Å². The molecule has 0 aliphatic heterocycles. The second-order valence-electron chi connectivity index (χ2n) is 10.2. The number of carbonyl (C=O) groups excluding carboxylic acids is 2. The molecule has 214 valence electrons. The van der Waals surface area contributed by atoms with Crippen LogP contribution in [0.2, 0.25) is 0 Å². The van der Waals surface area contributed by atoms with Crippen molar-refractivity contribution in [2.45, 2.75) is 71.5 Å². The highest BCUT2D eigenvalue weighted by molar-refractivity contribution is 9.10. The topological polar surface area (TPSA) is 86.8 Å². The van der Waals surface area contributed by atoms with Gasteiger partial charge in [-0.25, -0.2) is 8.42 Å². The first-order valence-corrected chi connectivity index (χ1v) is 15.6. The van der Waals surface area contributed by atoms with Crippen molar-refractivity contribution in [3.63, 3.8) is 0 Å². The first-order valence-electron chi connectivity index (χ1n) is 13.3. The largest absolute Gasteiger partial charge is 0.352 e. The van der Waals surface area contributed by atoms with E-state index in [1.165, 1.54) is 4.90 Å². The smallest absolute Gasteiger partial charge is 0.264 e. The van der Waals surface area contributed by atoms with Crippen molar-refractivity contribution >= 4 is 43.5 Å². The first-order chi connectivity index (χ1) is 18.8. The normalized spacial score (nSPS) is 12.9. The molecule has 0 spiro atoms. The van der Waals surface area contributed by atoms with E-state index in [4.69, 9.17) is 0 Å². The number of hydrogen-bond donors (Lipinski definition) is 1. The number of benzene rings is 3. The average molecular weight is 629 g/mol. The summed E-state index contributed by atoms with van der Waals surface area (Å²) < 4.78 is 30.1. The van der Waals surface area contributed by atoms with Gasteiger partial charge in [0.2, 0.25) is 11.8 Å². The molecule has 0 aliphatic carbocycles. The van der Waals surface area contributed by atoms with Crippen LogP contribution in [0.15, 0.2) is 76.1 Å². The van der Waals surface area contributed by atoms with Gasteiger partial charge < -0.3 is 10.2 Å². The molecule has 0 saturated carbocycles. The zero-order valence-electron chi connectivity index (χ0n) is 23.9. The number of amides is 2. The Balaban J connectivity index is 2.07. The Hall–Kier alpha value is -3.17. The molecule has 40 heavy (non-hydrogen) atoms. The van der Waals surface area contributed by atoms with Gasteiger partial charge in [-0.05, 0) is 88.1 Å². The van der Waals surface area contributed by atoms with Gasteiger partial charge in [0, 0.05) is 17.1 Å². The third kappa shape index (κ3) is 7.52. The van der Waals surface area contributed by atoms with E-state index in [1.807, 2.05) is 65.0 Å². The van der Waals surface area contributed by atoms with E-state index in [0.717, 1.165) is 37.5 Å². The quantitative estimate of drug-likeness (QED) is 0.287. The van der Waals surface area contributed by atoms with Crippen LogP contribution in [-0.2, 0) is 26.2 Å². The maximum atomic E-state index is 14.1. The molecule has 0 heterocycles. The van der Waals surface area contributed by atoms with Crippen molar-refractivity contribution in [2.24, 2.45) is 0 Å². The van der Waals surface area contributed by atoms with Gasteiger partial charge >= 0.3 is 0 Å². The number of carbonyl (C=O) groups is 2. The van der Waals surface area contributed by atoms with Crippen molar-refractivity contribution in [1.82, 2.24) is 10.2 Å². The van der Waals surface area contributed by atoms with Gasteiger partial charge in [-0.2, -0.15) is 0 Å². The van der Waals surface area contributed by atoms with Gasteiger partial charge in [-0.1, -0.05) is 64.8 Å². The number of nitrogens with one attached hydrogen (secondary N) is 1. The van der Waals surface area contributed by atoms with E-state index in [-0.39, 0.29) is 23.4 Å². The monoisotopic (exact) mass is 627 g/mol. The molecule has 2 atom stereocenters. The van der Waals surface area contributed by atoms with Gasteiger partial charge in [-0.15, -0.1) is 0 Å². The molecule has 0 aromatic heterocycles. The zero-order chi connectivity index (χ0) is 29.6. The summed E-state index contributed by atoms with van der Waals surface area (Å²) in [5, 5.41) is 2.95. The fourth-order valence-electron chi connectivity index (χ4n) is 4.24. The summed E-state index contributed by atoms with van der Waals surface area (Å²) in [4.78, 5) is 28.8. The Morgan fingerprint density at radius 2 is 1.60 bits per heavy atom. The molecule has 2 amide bonds. The molecule has 3 aromatic rings. The molecule has 7 nitrogen and oxygen atoms in total. The molecule has 0 radical (unpaired) electrons. The molecular weight excluding hydrogens is 590 g/mol. The van der Waals surface area contributed by atoms with Crippen LogP contribution in [0.4, 0.5) is 5.69 Å². The molecule has 1 N–H and O–H groups in total. The molecule has 0 aliphatic rings. The lowest BCUT2D eigenvalue weighted by Gasteiger charge is -2.33. The molecule has 9 heteroatoms. The number of sulfonamides is 1. The minimum atomic E-state index is -4.11. The minimum absolute atomic E-state index is 0.0638. The van der Waals surface area contributed by atoms with Crippen molar-refractivity contribution in [1.29, 1.82) is 0 Å². The first kappa shape index (κ1) is 31.4. The van der Waals surface area contributed by atoms with Crippen LogP contribution in [0, 0.1) is 20.8 Å². The highest BCUT2D eigenvalue weighted by Crippen LogP contribution is 2.29. The van der Waals surface area contributed by atoms with Crippen molar-refractivity contribution in [3.05, 3.63) is 93.5 Å². The van der Waals surface area contributed by atoms with Crippen LogP contribution >= 0.6 is 15.9 Å². The van der Waals surface area contributed by atoms with Crippen LogP contribution in [0.3, 0.4) is 0 Å². The molecular formula is C31H38BrN3O4S. The van der Waals surface area contributed by atoms with Crippen LogP contribution in [0.25, 0.3) is 0 Å². The minimum Gasteiger partial charge on any atom is -0.352 e. The van der Waals surface area contributed by atoms with Gasteiger partial charge in [0.15, 0.2) is 0 Å². The van der Waals surface area contributed by atoms with Crippen molar-refractivity contribution < 1.29 is 18.0 Å². The van der Waals surface area contributed by atoms with E-state index in [0.29, 0.717) is 5.69 Å². The number of hydrogen-bond acceptors (Lipinski definition) is 4. The fourth-order valence-corrected chi connectivity index (χ4v) is 6.16. The number of rotatable bonds is 11. The van der Waals surface area contributed by atoms with Crippen molar-refractivity contribution in [3.8, 4) is 0 Å². The summed E-state index contributed by atoms with van der Waals surface area (Å²) in [6, 6.07) is 18.5. The Kier molecular flexibility index (Phi) is 10.6. The summed E-state index contributed by atoms with van der Waals surface area (Å²) in [5.41, 5.74) is 3.82. The number of nitrogens with zero attached hydrogens (tertiary/aromatic N) is 2. The predicted octanol–water partition coefficient (Wildman–Crippen LogP) is 5.90. The number of anilines is 1. The fraction of sp³-hybridized carbons (Fsp3) is 0.355. The lowest BCUT2D eigenvalue weighted by Crippen LogP contribution is -2.52. The van der Waals surface area contributed by atoms with Crippen LogP contribution in [0.5, 0.6) is 0 Å². The zero-order valence-corrected chi connectivity index (χ0v) is 26.3. The predicted molar refractivity (Wildman–Crippen MR) is 164 cm³/mol. The summed E-state index contributed by atoms with van der Waals surface area (Å²) >= 11 is 3.47. The standard InChI is InChI=1S/C31H38BrN3O4S/c1-7-23(4)33-31(37)25(6)34(19-26-11-9-12-27(32)18-26)30(36)20-35(29-13-8-10-22(3)24(29)5)40(38,39)28-16-14-21(2)15-17-28/h8-18,23,25H,7,19-20H2,1-6H3,(H,33,37). The lowest BCUT2D eigenvalue weighted by atomic mass is 10.1. The maximum Gasteiger partial charge on any atom is 0.264 e. The van der Waals surface area contributed by atoms with Gasteiger partial charge in [0.1, 0.15) is 12.6 Å². The second-order valence-corrected chi connectivity index (χ2v) is 13.0. The maximum absolute atomic E-state index is 14.1. The third-order valence-corrected chi connectivity index (χ3v) is 9.41. The van der Waals surface area contributed by atoms with E-state index < -0.39 is 28.5 Å². The lowest BCUT2D eigenvalue weighted by molar-refractivity contribution is -0.139. The van der Waals surface area contributed by atoms with Gasteiger partial charge in [-0.3, -0.25) is 13.9 Å². The van der Waals surface area contributed by atoms with E-state index in [9.17, 15) is 18.0 Å². The van der Waals surface area contributed by atoms with E-state index in [1.54, 1.807) is 43.3 Å². The van der Waals surface area contributed by atoms with Crippen LogP contribution < -0.4 is 9.62 Å². The van der Waals surface area contributed by atoms with E-state index in [2.05, 4.69) is 21.2 Å². The molecule has 0 fully saturated rings. The molecule has 3 aromatic carbocycles. The van der Waals surface area contributed by atoms with Crippen molar-refractivity contribution in [2.75, 3.05) is 10.8 Å². The van der Waals surface area contributed by atoms with Crippen LogP contribution in [0.1, 0.15) is 49.4 Å². The Bertz CT molecular complexity index is 1460.